The normalized spacial score (nSPS) is 15.2. The number of carboxylic acid groups (broad SMARTS) is 1. The van der Waals surface area contributed by atoms with Crippen LogP contribution in [0.25, 0.3) is 0 Å². The average molecular weight is 446 g/mol. The van der Waals surface area contributed by atoms with E-state index in [0.29, 0.717) is 6.42 Å². The number of urea groups is 1. The molecule has 1 saturated heterocycles. The van der Waals surface area contributed by atoms with E-state index in [1.807, 2.05) is 54.6 Å². The van der Waals surface area contributed by atoms with Crippen LogP contribution in [0.2, 0.25) is 0 Å². The van der Waals surface area contributed by atoms with Crippen molar-refractivity contribution < 1.29 is 23.9 Å². The van der Waals surface area contributed by atoms with Crippen LogP contribution in [-0.4, -0.2) is 33.5 Å². The first-order valence-corrected chi connectivity index (χ1v) is 10.5. The van der Waals surface area contributed by atoms with Crippen molar-refractivity contribution in [2.45, 2.75) is 32.4 Å². The van der Waals surface area contributed by atoms with Gasteiger partial charge in [0.25, 0.3) is 5.91 Å². The molecule has 33 heavy (non-hydrogen) atoms. The van der Waals surface area contributed by atoms with Crippen molar-refractivity contribution in [3.8, 4) is 0 Å². The van der Waals surface area contributed by atoms with Crippen LogP contribution >= 0.6 is 0 Å². The van der Waals surface area contributed by atoms with Gasteiger partial charge < -0.3 is 10.0 Å². The van der Waals surface area contributed by atoms with Gasteiger partial charge in [-0.15, -0.1) is 0 Å². The zero-order chi connectivity index (χ0) is 23.8. The van der Waals surface area contributed by atoms with Gasteiger partial charge in [-0.1, -0.05) is 54.6 Å². The summed E-state index contributed by atoms with van der Waals surface area (Å²) in [5.41, 5.74) is 1.38. The number of amides is 3. The lowest BCUT2D eigenvalue weighted by Crippen LogP contribution is -2.43. The summed E-state index contributed by atoms with van der Waals surface area (Å²) < 4.78 is 14.3. The fraction of sp³-hybridized carbons (Fsp3) is 0.192. The molecule has 0 radical (unpaired) electrons. The molecule has 0 bridgehead atoms. The number of nitrogens with zero attached hydrogens (tertiary/aromatic N) is 2. The first-order chi connectivity index (χ1) is 15.7. The quantitative estimate of drug-likeness (QED) is 0.549. The molecule has 0 aliphatic carbocycles. The van der Waals surface area contributed by atoms with E-state index >= 15 is 0 Å². The molecular weight excluding hydrogens is 423 g/mol. The van der Waals surface area contributed by atoms with Crippen LogP contribution in [-0.2, 0) is 17.8 Å². The summed E-state index contributed by atoms with van der Waals surface area (Å²) in [5.74, 6) is -2.93. The maximum Gasteiger partial charge on any atom is 0.338 e. The Bertz CT molecular complexity index is 1240. The molecule has 3 amide bonds. The molecule has 0 unspecified atom stereocenters. The van der Waals surface area contributed by atoms with Crippen LogP contribution in [0, 0.1) is 5.82 Å². The lowest BCUT2D eigenvalue weighted by atomic mass is 9.97. The van der Waals surface area contributed by atoms with Crippen molar-refractivity contribution in [3.63, 3.8) is 0 Å². The number of carbonyl (C=O) groups is 3. The number of benzene rings is 3. The lowest BCUT2D eigenvalue weighted by Gasteiger charge is -2.28. The SMILES string of the molecule is CC1(C)C(=O)N(c2ccc(C(=O)O)c(F)c2)C(=O)N1Cc1ccccc1Cc1ccccc1. The summed E-state index contributed by atoms with van der Waals surface area (Å²) in [5, 5.41) is 9.05. The molecule has 1 heterocycles. The Morgan fingerprint density at radius 1 is 0.939 bits per heavy atom. The highest BCUT2D eigenvalue weighted by Crippen LogP contribution is 2.34. The van der Waals surface area contributed by atoms with Crippen molar-refractivity contribution in [2.75, 3.05) is 4.90 Å². The number of carboxylic acids is 1. The zero-order valence-electron chi connectivity index (χ0n) is 18.3. The Hall–Kier alpha value is -4.00. The fourth-order valence-electron chi connectivity index (χ4n) is 4.02. The summed E-state index contributed by atoms with van der Waals surface area (Å²) in [6.45, 7) is 3.50. The van der Waals surface area contributed by atoms with Crippen molar-refractivity contribution in [1.29, 1.82) is 0 Å². The van der Waals surface area contributed by atoms with Gasteiger partial charge in [-0.05, 0) is 55.2 Å². The second kappa shape index (κ2) is 8.50. The largest absolute Gasteiger partial charge is 0.478 e. The zero-order valence-corrected chi connectivity index (χ0v) is 18.3. The van der Waals surface area contributed by atoms with E-state index in [2.05, 4.69) is 0 Å². The highest BCUT2D eigenvalue weighted by atomic mass is 19.1. The minimum absolute atomic E-state index is 0.000598. The Balaban J connectivity index is 1.65. The summed E-state index contributed by atoms with van der Waals surface area (Å²) in [7, 11) is 0. The third-order valence-corrected chi connectivity index (χ3v) is 5.95. The van der Waals surface area contributed by atoms with Gasteiger partial charge in [-0.2, -0.15) is 0 Å². The van der Waals surface area contributed by atoms with Crippen LogP contribution in [0.15, 0.2) is 72.8 Å². The predicted octanol–water partition coefficient (Wildman–Crippen LogP) is 4.86. The maximum absolute atomic E-state index is 14.3. The molecule has 1 N–H and O–H groups in total. The second-order valence-electron chi connectivity index (χ2n) is 8.47. The smallest absolute Gasteiger partial charge is 0.338 e. The van der Waals surface area contributed by atoms with E-state index in [4.69, 9.17) is 5.11 Å². The summed E-state index contributed by atoms with van der Waals surface area (Å²) in [6, 6.07) is 20.3. The molecule has 7 heteroatoms. The van der Waals surface area contributed by atoms with Crippen LogP contribution in [0.4, 0.5) is 14.9 Å². The van der Waals surface area contributed by atoms with E-state index in [1.54, 1.807) is 13.8 Å². The van der Waals surface area contributed by atoms with Gasteiger partial charge in [0.05, 0.1) is 11.3 Å². The summed E-state index contributed by atoms with van der Waals surface area (Å²) in [6.07, 6.45) is 0.680. The highest BCUT2D eigenvalue weighted by Gasteiger charge is 2.52. The number of hydrogen-bond acceptors (Lipinski definition) is 3. The third kappa shape index (κ3) is 4.09. The molecule has 6 nitrogen and oxygen atoms in total. The van der Waals surface area contributed by atoms with Crippen LogP contribution in [0.5, 0.6) is 0 Å². The first-order valence-electron chi connectivity index (χ1n) is 10.5. The molecule has 1 aliphatic rings. The number of carbonyl (C=O) groups excluding carboxylic acids is 2. The van der Waals surface area contributed by atoms with Crippen molar-refractivity contribution >= 4 is 23.6 Å². The van der Waals surface area contributed by atoms with Gasteiger partial charge in [0.1, 0.15) is 11.4 Å². The lowest BCUT2D eigenvalue weighted by molar-refractivity contribution is -0.123. The summed E-state index contributed by atoms with van der Waals surface area (Å²) >= 11 is 0. The van der Waals surface area contributed by atoms with Gasteiger partial charge in [0.15, 0.2) is 0 Å². The number of rotatable bonds is 6. The Kier molecular flexibility index (Phi) is 5.72. The molecule has 0 saturated carbocycles. The number of aromatic carboxylic acids is 1. The van der Waals surface area contributed by atoms with E-state index in [1.165, 1.54) is 11.0 Å². The Morgan fingerprint density at radius 3 is 2.21 bits per heavy atom. The van der Waals surface area contributed by atoms with E-state index in [-0.39, 0.29) is 12.2 Å². The van der Waals surface area contributed by atoms with E-state index < -0.39 is 34.8 Å². The molecule has 0 aromatic heterocycles. The number of hydrogen-bond donors (Lipinski definition) is 1. The average Bonchev–Trinajstić information content (AvgIpc) is 2.94. The molecular formula is C26H23FN2O4. The molecule has 168 valence electrons. The van der Waals surface area contributed by atoms with Crippen molar-refractivity contribution in [3.05, 3.63) is 101 Å². The van der Waals surface area contributed by atoms with Crippen LogP contribution in [0.3, 0.4) is 0 Å². The Labute approximate surface area is 190 Å². The van der Waals surface area contributed by atoms with Gasteiger partial charge in [-0.3, -0.25) is 4.79 Å². The summed E-state index contributed by atoms with van der Waals surface area (Å²) in [4.78, 5) is 40.0. The van der Waals surface area contributed by atoms with E-state index in [9.17, 15) is 18.8 Å². The van der Waals surface area contributed by atoms with Gasteiger partial charge in [-0.25, -0.2) is 18.9 Å². The van der Waals surface area contributed by atoms with Gasteiger partial charge >= 0.3 is 12.0 Å². The topological polar surface area (TPSA) is 77.9 Å². The minimum atomic E-state index is -1.42. The maximum atomic E-state index is 14.3. The van der Waals surface area contributed by atoms with Gasteiger partial charge in [0, 0.05) is 6.54 Å². The standard InChI is InChI=1S/C26H23FN2O4/c1-26(2)24(32)29(20-12-13-21(23(30)31)22(27)15-20)25(33)28(26)16-19-11-7-6-10-18(19)14-17-8-4-3-5-9-17/h3-13,15H,14,16H2,1-2H3,(H,30,31). The second-order valence-corrected chi connectivity index (χ2v) is 8.47. The molecule has 1 aliphatic heterocycles. The third-order valence-electron chi connectivity index (χ3n) is 5.95. The van der Waals surface area contributed by atoms with Crippen molar-refractivity contribution in [2.24, 2.45) is 0 Å². The highest BCUT2D eigenvalue weighted by molar-refractivity contribution is 6.23. The molecule has 3 aromatic carbocycles. The molecule has 0 atom stereocenters. The molecule has 4 rings (SSSR count). The first kappa shape index (κ1) is 22.2. The number of anilines is 1. The molecule has 3 aromatic rings. The predicted molar refractivity (Wildman–Crippen MR) is 122 cm³/mol. The van der Waals surface area contributed by atoms with Gasteiger partial charge in [0.2, 0.25) is 0 Å². The van der Waals surface area contributed by atoms with E-state index in [0.717, 1.165) is 33.7 Å². The number of halogens is 1. The number of imide groups is 1. The van der Waals surface area contributed by atoms with Crippen LogP contribution < -0.4 is 4.90 Å². The molecule has 1 fully saturated rings. The minimum Gasteiger partial charge on any atom is -0.478 e. The van der Waals surface area contributed by atoms with Crippen LogP contribution in [0.1, 0.15) is 40.9 Å². The molecule has 0 spiro atoms. The fourth-order valence-corrected chi connectivity index (χ4v) is 4.02. The Morgan fingerprint density at radius 2 is 1.58 bits per heavy atom. The monoisotopic (exact) mass is 446 g/mol. The van der Waals surface area contributed by atoms with Crippen molar-refractivity contribution in [1.82, 2.24) is 4.90 Å².